The van der Waals surface area contributed by atoms with E-state index in [1.165, 1.54) is 0 Å². The van der Waals surface area contributed by atoms with E-state index in [0.29, 0.717) is 0 Å². The summed E-state index contributed by atoms with van der Waals surface area (Å²) < 4.78 is 4.50. The summed E-state index contributed by atoms with van der Waals surface area (Å²) in [5.74, 6) is 0.238. The number of nitrogens with zero attached hydrogens (tertiary/aromatic N) is 1. The first kappa shape index (κ1) is 6.03. The van der Waals surface area contributed by atoms with Gasteiger partial charge in [0.2, 0.25) is 5.89 Å². The van der Waals surface area contributed by atoms with Crippen LogP contribution in [0.15, 0.2) is 9.32 Å². The normalized spacial score (nSPS) is 9.89. The third-order valence-corrected chi connectivity index (χ3v) is 0.808. The van der Waals surface area contributed by atoms with E-state index < -0.39 is 5.69 Å². The Balaban J connectivity index is 2.73. The van der Waals surface area contributed by atoms with E-state index >= 15 is 0 Å². The Hall–Kier alpha value is -1.10. The second-order valence-corrected chi connectivity index (χ2v) is 1.49. The maximum atomic E-state index is 10.2. The molecule has 1 aromatic rings. The van der Waals surface area contributed by atoms with E-state index in [-0.39, 0.29) is 18.9 Å². The monoisotopic (exact) mass is 130 g/mol. The Kier molecular flexibility index (Phi) is 1.64. The van der Waals surface area contributed by atoms with Crippen LogP contribution in [-0.4, -0.2) is 21.9 Å². The molecule has 1 heterocycles. The molecule has 0 unspecified atom stereocenters. The average Bonchev–Trinajstić information content (AvgIpc) is 2.17. The van der Waals surface area contributed by atoms with Crippen molar-refractivity contribution in [3.63, 3.8) is 0 Å². The summed E-state index contributed by atoms with van der Waals surface area (Å²) in [6.45, 7) is -0.0617. The van der Waals surface area contributed by atoms with Gasteiger partial charge in [-0.05, 0) is 0 Å². The molecule has 0 bridgehead atoms. The van der Waals surface area contributed by atoms with Crippen molar-refractivity contribution in [2.75, 3.05) is 6.61 Å². The van der Waals surface area contributed by atoms with Crippen LogP contribution in [0.5, 0.6) is 0 Å². The quantitative estimate of drug-likeness (QED) is 0.532. The van der Waals surface area contributed by atoms with E-state index in [4.69, 9.17) is 5.11 Å². The third-order valence-electron chi connectivity index (χ3n) is 0.808. The summed E-state index contributed by atoms with van der Waals surface area (Å²) in [5.41, 5.74) is -0.515. The van der Waals surface area contributed by atoms with Gasteiger partial charge in [-0.1, -0.05) is 0 Å². The van der Waals surface area contributed by atoms with Crippen molar-refractivity contribution in [3.05, 3.63) is 16.4 Å². The number of aliphatic hydroxyl groups excluding tert-OH is 1. The minimum absolute atomic E-state index is 0.0617. The van der Waals surface area contributed by atoms with Gasteiger partial charge in [0.1, 0.15) is 0 Å². The highest BCUT2D eigenvalue weighted by atomic mass is 16.5. The lowest BCUT2D eigenvalue weighted by atomic mass is 10.5. The maximum Gasteiger partial charge on any atom is 0.377 e. The summed E-state index contributed by atoms with van der Waals surface area (Å²) in [4.78, 5) is 13.6. The van der Waals surface area contributed by atoms with Gasteiger partial charge >= 0.3 is 5.69 Å². The predicted molar refractivity (Wildman–Crippen MR) is 27.9 cm³/mol. The van der Waals surface area contributed by atoms with Crippen LogP contribution >= 0.6 is 0 Å². The highest BCUT2D eigenvalue weighted by Gasteiger charge is 1.97. The van der Waals surface area contributed by atoms with E-state index in [2.05, 4.69) is 9.51 Å². The molecule has 0 aliphatic heterocycles. The first-order chi connectivity index (χ1) is 4.33. The van der Waals surface area contributed by atoms with E-state index in [1.54, 1.807) is 0 Å². The van der Waals surface area contributed by atoms with Crippen LogP contribution in [0, 0.1) is 0 Å². The van der Waals surface area contributed by atoms with Gasteiger partial charge in [-0.2, -0.15) is 10.1 Å². The van der Waals surface area contributed by atoms with Gasteiger partial charge in [0.15, 0.2) is 0 Å². The van der Waals surface area contributed by atoms with Crippen molar-refractivity contribution >= 4 is 0 Å². The van der Waals surface area contributed by atoms with E-state index in [9.17, 15) is 4.79 Å². The molecule has 0 aliphatic rings. The lowest BCUT2D eigenvalue weighted by Gasteiger charge is -1.81. The van der Waals surface area contributed by atoms with Crippen LogP contribution < -0.4 is 5.69 Å². The Bertz CT molecular complexity index is 226. The molecule has 0 saturated heterocycles. The van der Waals surface area contributed by atoms with Crippen molar-refractivity contribution in [1.82, 2.24) is 10.1 Å². The highest BCUT2D eigenvalue weighted by Crippen LogP contribution is 1.85. The number of nitrogens with one attached hydrogen (secondary N) is 1. The number of aliphatic hydroxyl groups is 1. The smallest absolute Gasteiger partial charge is 0.377 e. The maximum absolute atomic E-state index is 10.2. The molecule has 1 aromatic heterocycles. The van der Waals surface area contributed by atoms with Crippen molar-refractivity contribution in [2.45, 2.75) is 6.42 Å². The summed E-state index contributed by atoms with van der Waals surface area (Å²) in [6.07, 6.45) is 0.277. The lowest BCUT2D eigenvalue weighted by Crippen LogP contribution is -2.01. The fourth-order valence-electron chi connectivity index (χ4n) is 0.464. The number of hydrogen-bond donors (Lipinski definition) is 2. The van der Waals surface area contributed by atoms with Crippen LogP contribution in [0.2, 0.25) is 0 Å². The average molecular weight is 130 g/mol. The molecular weight excluding hydrogens is 124 g/mol. The van der Waals surface area contributed by atoms with Crippen LogP contribution in [0.1, 0.15) is 5.89 Å². The molecule has 2 N–H and O–H groups in total. The van der Waals surface area contributed by atoms with Gasteiger partial charge in [0.25, 0.3) is 0 Å². The Labute approximate surface area is 50.3 Å². The summed E-state index contributed by atoms with van der Waals surface area (Å²) in [7, 11) is 0. The summed E-state index contributed by atoms with van der Waals surface area (Å²) in [6, 6.07) is 0. The molecule has 0 radical (unpaired) electrons. The number of H-pyrrole nitrogens is 1. The Morgan fingerprint density at radius 3 is 3.00 bits per heavy atom. The van der Waals surface area contributed by atoms with Gasteiger partial charge in [-0.15, -0.1) is 0 Å². The van der Waals surface area contributed by atoms with Crippen LogP contribution in [-0.2, 0) is 6.42 Å². The molecule has 0 spiro atoms. The van der Waals surface area contributed by atoms with Crippen molar-refractivity contribution in [1.29, 1.82) is 0 Å². The molecule has 5 heteroatoms. The first-order valence-electron chi connectivity index (χ1n) is 2.48. The predicted octanol–water partition coefficient (Wildman–Crippen LogP) is -1.10. The zero-order valence-corrected chi connectivity index (χ0v) is 4.63. The Morgan fingerprint density at radius 1 is 1.78 bits per heavy atom. The van der Waals surface area contributed by atoms with Crippen LogP contribution in [0.4, 0.5) is 0 Å². The van der Waals surface area contributed by atoms with Crippen LogP contribution in [0.3, 0.4) is 0 Å². The standard InChI is InChI=1S/C4H6N2O3/c7-2-1-3-5-4(8)6-9-3/h7H,1-2H2,(H,6,8). The van der Waals surface area contributed by atoms with Crippen molar-refractivity contribution in [3.8, 4) is 0 Å². The molecule has 9 heavy (non-hydrogen) atoms. The van der Waals surface area contributed by atoms with Crippen molar-refractivity contribution in [2.24, 2.45) is 0 Å². The molecular formula is C4H6N2O3. The molecule has 1 rings (SSSR count). The van der Waals surface area contributed by atoms with Gasteiger partial charge in [-0.25, -0.2) is 4.79 Å². The van der Waals surface area contributed by atoms with Gasteiger partial charge in [-0.3, -0.25) is 0 Å². The number of hydrogen-bond acceptors (Lipinski definition) is 4. The minimum atomic E-state index is -0.515. The molecule has 5 nitrogen and oxygen atoms in total. The van der Waals surface area contributed by atoms with Crippen LogP contribution in [0.25, 0.3) is 0 Å². The van der Waals surface area contributed by atoms with Gasteiger partial charge in [0, 0.05) is 0 Å². The summed E-state index contributed by atoms with van der Waals surface area (Å²) >= 11 is 0. The minimum Gasteiger partial charge on any atom is -0.396 e. The van der Waals surface area contributed by atoms with Gasteiger partial charge < -0.3 is 9.63 Å². The topological polar surface area (TPSA) is 79.1 Å². The molecule has 0 aliphatic carbocycles. The number of rotatable bonds is 2. The largest absolute Gasteiger partial charge is 0.396 e. The first-order valence-corrected chi connectivity index (χ1v) is 2.48. The van der Waals surface area contributed by atoms with E-state index in [1.807, 2.05) is 5.16 Å². The van der Waals surface area contributed by atoms with E-state index in [0.717, 1.165) is 0 Å². The zero-order chi connectivity index (χ0) is 6.69. The fourth-order valence-corrected chi connectivity index (χ4v) is 0.464. The van der Waals surface area contributed by atoms with Crippen molar-refractivity contribution < 1.29 is 9.63 Å². The second kappa shape index (κ2) is 2.45. The second-order valence-electron chi connectivity index (χ2n) is 1.49. The Morgan fingerprint density at radius 2 is 2.56 bits per heavy atom. The molecule has 0 atom stereocenters. The molecule has 0 amide bonds. The number of aromatic amines is 1. The summed E-state index contributed by atoms with van der Waals surface area (Å²) in [5, 5.41) is 10.3. The zero-order valence-electron chi connectivity index (χ0n) is 4.63. The third kappa shape index (κ3) is 1.39. The van der Waals surface area contributed by atoms with Gasteiger partial charge in [0.05, 0.1) is 13.0 Å². The highest BCUT2D eigenvalue weighted by molar-refractivity contribution is 4.73. The molecule has 0 aromatic carbocycles. The SMILES string of the molecule is O=c1nc(CCO)o[nH]1. The number of aromatic nitrogens is 2. The molecule has 0 fully saturated rings. The lowest BCUT2D eigenvalue weighted by molar-refractivity contribution is 0.274. The molecule has 0 saturated carbocycles. The molecule has 50 valence electrons. The fraction of sp³-hybridized carbons (Fsp3) is 0.500.